The molecular weight excluding hydrogens is 248 g/mol. The van der Waals surface area contributed by atoms with Crippen molar-refractivity contribution in [1.82, 2.24) is 20.2 Å². The van der Waals surface area contributed by atoms with Gasteiger partial charge in [-0.1, -0.05) is 38.1 Å². The Kier molecular flexibility index (Phi) is 3.29. The normalized spacial score (nSPS) is 10.9. The van der Waals surface area contributed by atoms with Crippen LogP contribution < -0.4 is 0 Å². The number of hydrogen-bond donors (Lipinski definition) is 1. The Balaban J connectivity index is 2.10. The first-order valence-electron chi connectivity index (χ1n) is 6.67. The van der Waals surface area contributed by atoms with Gasteiger partial charge in [-0.3, -0.25) is 10.1 Å². The van der Waals surface area contributed by atoms with E-state index < -0.39 is 0 Å². The molecule has 0 atom stereocenters. The van der Waals surface area contributed by atoms with Gasteiger partial charge >= 0.3 is 0 Å². The lowest BCUT2D eigenvalue weighted by Crippen LogP contribution is -1.96. The van der Waals surface area contributed by atoms with Crippen LogP contribution in [0.15, 0.2) is 48.9 Å². The molecule has 100 valence electrons. The number of aromatic nitrogens is 4. The fourth-order valence-corrected chi connectivity index (χ4v) is 2.30. The number of hydrogen-bond acceptors (Lipinski definition) is 3. The average molecular weight is 264 g/mol. The Morgan fingerprint density at radius 2 is 1.85 bits per heavy atom. The molecule has 4 heteroatoms. The van der Waals surface area contributed by atoms with Gasteiger partial charge in [0.25, 0.3) is 0 Å². The van der Waals surface area contributed by atoms with Gasteiger partial charge in [0.2, 0.25) is 0 Å². The second-order valence-electron chi connectivity index (χ2n) is 5.01. The monoisotopic (exact) mass is 264 g/mol. The van der Waals surface area contributed by atoms with Gasteiger partial charge in [0.1, 0.15) is 6.33 Å². The molecule has 2 aromatic heterocycles. The highest BCUT2D eigenvalue weighted by atomic mass is 15.2. The molecule has 3 aromatic rings. The Bertz CT molecular complexity index is 702. The van der Waals surface area contributed by atoms with Gasteiger partial charge in [-0.2, -0.15) is 5.10 Å². The van der Waals surface area contributed by atoms with Crippen LogP contribution in [0.4, 0.5) is 0 Å². The Morgan fingerprint density at radius 3 is 2.60 bits per heavy atom. The Morgan fingerprint density at radius 1 is 1.00 bits per heavy atom. The quantitative estimate of drug-likeness (QED) is 0.785. The first kappa shape index (κ1) is 12.5. The van der Waals surface area contributed by atoms with E-state index in [9.17, 15) is 0 Å². The second-order valence-corrected chi connectivity index (χ2v) is 5.01. The summed E-state index contributed by atoms with van der Waals surface area (Å²) >= 11 is 0. The molecule has 20 heavy (non-hydrogen) atoms. The van der Waals surface area contributed by atoms with Crippen molar-refractivity contribution >= 4 is 0 Å². The molecule has 0 spiro atoms. The molecule has 1 aromatic carbocycles. The number of nitrogens with zero attached hydrogens (tertiary/aromatic N) is 3. The van der Waals surface area contributed by atoms with Crippen LogP contribution in [0.2, 0.25) is 0 Å². The zero-order valence-corrected chi connectivity index (χ0v) is 11.5. The van der Waals surface area contributed by atoms with Gasteiger partial charge in [-0.15, -0.1) is 0 Å². The van der Waals surface area contributed by atoms with E-state index >= 15 is 0 Å². The highest BCUT2D eigenvalue weighted by Gasteiger charge is 2.10. The van der Waals surface area contributed by atoms with Crippen LogP contribution in [0.5, 0.6) is 0 Å². The van der Waals surface area contributed by atoms with Crippen LogP contribution in [0.1, 0.15) is 25.5 Å². The van der Waals surface area contributed by atoms with Crippen molar-refractivity contribution in [3.63, 3.8) is 0 Å². The van der Waals surface area contributed by atoms with Gasteiger partial charge in [0.15, 0.2) is 5.82 Å². The van der Waals surface area contributed by atoms with E-state index in [2.05, 4.69) is 52.2 Å². The summed E-state index contributed by atoms with van der Waals surface area (Å²) in [5.41, 5.74) is 4.46. The smallest absolute Gasteiger partial charge is 0.155 e. The minimum absolute atomic E-state index is 0.389. The third kappa shape index (κ3) is 2.32. The topological polar surface area (TPSA) is 54.5 Å². The summed E-state index contributed by atoms with van der Waals surface area (Å²) in [5, 5.41) is 6.79. The second kappa shape index (κ2) is 5.25. The van der Waals surface area contributed by atoms with Crippen molar-refractivity contribution in [3.05, 3.63) is 54.6 Å². The minimum atomic E-state index is 0.389. The van der Waals surface area contributed by atoms with Gasteiger partial charge in [-0.05, 0) is 23.6 Å². The van der Waals surface area contributed by atoms with Gasteiger partial charge < -0.3 is 0 Å². The van der Waals surface area contributed by atoms with E-state index in [-0.39, 0.29) is 0 Å². The zero-order valence-electron chi connectivity index (χ0n) is 11.5. The highest BCUT2D eigenvalue weighted by Crippen LogP contribution is 2.29. The van der Waals surface area contributed by atoms with Gasteiger partial charge in [-0.25, -0.2) is 4.98 Å². The average Bonchev–Trinajstić information content (AvgIpc) is 3.01. The van der Waals surface area contributed by atoms with Crippen LogP contribution >= 0.6 is 0 Å². The molecule has 2 heterocycles. The minimum Gasteiger partial charge on any atom is -0.260 e. The van der Waals surface area contributed by atoms with Crippen molar-refractivity contribution in [2.45, 2.75) is 19.8 Å². The summed E-state index contributed by atoms with van der Waals surface area (Å²) in [5.74, 6) is 1.17. The van der Waals surface area contributed by atoms with Gasteiger partial charge in [0.05, 0.1) is 5.69 Å². The zero-order chi connectivity index (χ0) is 13.9. The lowest BCUT2D eigenvalue weighted by Gasteiger charge is -2.12. The standard InChI is InChI=1S/C16H16N4/c1-11(2)15-14(7-4-8-17-15)12-5-3-6-13(9-12)16-18-10-19-20-16/h3-11H,1-2H3,(H,18,19,20). The maximum Gasteiger partial charge on any atom is 0.155 e. The van der Waals surface area contributed by atoms with E-state index in [0.29, 0.717) is 5.92 Å². The fourth-order valence-electron chi connectivity index (χ4n) is 2.30. The van der Waals surface area contributed by atoms with Crippen molar-refractivity contribution in [2.75, 3.05) is 0 Å². The third-order valence-corrected chi connectivity index (χ3v) is 3.25. The largest absolute Gasteiger partial charge is 0.260 e. The van der Waals surface area contributed by atoms with Crippen LogP contribution in [0.3, 0.4) is 0 Å². The predicted octanol–water partition coefficient (Wildman–Crippen LogP) is 3.66. The number of rotatable bonds is 3. The van der Waals surface area contributed by atoms with E-state index in [1.54, 1.807) is 0 Å². The summed E-state index contributed by atoms with van der Waals surface area (Å²) in [4.78, 5) is 8.71. The number of aromatic amines is 1. The first-order valence-corrected chi connectivity index (χ1v) is 6.67. The summed E-state index contributed by atoms with van der Waals surface area (Å²) < 4.78 is 0. The van der Waals surface area contributed by atoms with Crippen molar-refractivity contribution in [1.29, 1.82) is 0 Å². The SMILES string of the molecule is CC(C)c1ncccc1-c1cccc(-c2ncn[nH]2)c1. The molecule has 0 aliphatic carbocycles. The molecule has 0 unspecified atom stereocenters. The van der Waals surface area contributed by atoms with E-state index in [0.717, 1.165) is 22.6 Å². The molecule has 4 nitrogen and oxygen atoms in total. The lowest BCUT2D eigenvalue weighted by atomic mass is 9.96. The predicted molar refractivity (Wildman–Crippen MR) is 79.1 cm³/mol. The maximum absolute atomic E-state index is 4.51. The van der Waals surface area contributed by atoms with Crippen molar-refractivity contribution in [2.24, 2.45) is 0 Å². The molecule has 0 saturated heterocycles. The molecule has 0 radical (unpaired) electrons. The van der Waals surface area contributed by atoms with Crippen LogP contribution in [0.25, 0.3) is 22.5 Å². The Hall–Kier alpha value is -2.49. The number of nitrogens with one attached hydrogen (secondary N) is 1. The van der Waals surface area contributed by atoms with Crippen molar-refractivity contribution < 1.29 is 0 Å². The number of H-pyrrole nitrogens is 1. The summed E-state index contributed by atoms with van der Waals surface area (Å²) in [6, 6.07) is 12.4. The lowest BCUT2D eigenvalue weighted by molar-refractivity contribution is 0.826. The van der Waals surface area contributed by atoms with Crippen molar-refractivity contribution in [3.8, 4) is 22.5 Å². The van der Waals surface area contributed by atoms with E-state index in [4.69, 9.17) is 0 Å². The molecule has 3 rings (SSSR count). The highest BCUT2D eigenvalue weighted by molar-refractivity contribution is 5.71. The molecule has 0 aliphatic rings. The van der Waals surface area contributed by atoms with Crippen LogP contribution in [-0.2, 0) is 0 Å². The van der Waals surface area contributed by atoms with E-state index in [1.165, 1.54) is 11.9 Å². The summed E-state index contributed by atoms with van der Waals surface area (Å²) in [7, 11) is 0. The van der Waals surface area contributed by atoms with Crippen LogP contribution in [-0.4, -0.2) is 20.2 Å². The van der Waals surface area contributed by atoms with Gasteiger partial charge in [0, 0.05) is 17.3 Å². The molecule has 0 fully saturated rings. The molecule has 0 bridgehead atoms. The first-order chi connectivity index (χ1) is 9.75. The summed E-state index contributed by atoms with van der Waals surface area (Å²) in [6.07, 6.45) is 3.37. The Labute approximate surface area is 117 Å². The van der Waals surface area contributed by atoms with Crippen LogP contribution in [0, 0.1) is 0 Å². The molecule has 0 amide bonds. The fraction of sp³-hybridized carbons (Fsp3) is 0.188. The number of benzene rings is 1. The van der Waals surface area contributed by atoms with E-state index in [1.807, 2.05) is 24.4 Å². The molecule has 1 N–H and O–H groups in total. The third-order valence-electron chi connectivity index (χ3n) is 3.25. The maximum atomic E-state index is 4.51. The molecule has 0 saturated carbocycles. The molecular formula is C16H16N4. The molecule has 0 aliphatic heterocycles. The summed E-state index contributed by atoms with van der Waals surface area (Å²) in [6.45, 7) is 4.32. The number of pyridine rings is 1.